The van der Waals surface area contributed by atoms with Crippen LogP contribution >= 0.6 is 0 Å². The quantitative estimate of drug-likeness (QED) is 0.823. The lowest BCUT2D eigenvalue weighted by atomic mass is 10.1. The zero-order valence-corrected chi connectivity index (χ0v) is 11.7. The number of aryl methyl sites for hydroxylation is 2. The molecule has 0 heterocycles. The first-order valence-corrected chi connectivity index (χ1v) is 6.33. The minimum Gasteiger partial charge on any atom is -0.496 e. The molecule has 3 nitrogen and oxygen atoms in total. The Morgan fingerprint density at radius 2 is 1.89 bits per heavy atom. The summed E-state index contributed by atoms with van der Waals surface area (Å²) in [4.78, 5) is 0. The van der Waals surface area contributed by atoms with E-state index in [-0.39, 0.29) is 0 Å². The molecule has 0 radical (unpaired) electrons. The Balaban J connectivity index is 2.08. The highest BCUT2D eigenvalue weighted by Gasteiger charge is 2.02. The Kier molecular flexibility index (Phi) is 3.95. The molecule has 0 aliphatic rings. The van der Waals surface area contributed by atoms with E-state index in [4.69, 9.17) is 10.5 Å². The molecule has 0 saturated carbocycles. The van der Waals surface area contributed by atoms with E-state index in [1.54, 1.807) is 7.11 Å². The van der Waals surface area contributed by atoms with Gasteiger partial charge in [0.05, 0.1) is 18.5 Å². The molecule has 19 heavy (non-hydrogen) atoms. The first-order valence-electron chi connectivity index (χ1n) is 6.33. The van der Waals surface area contributed by atoms with Gasteiger partial charge in [-0.1, -0.05) is 18.2 Å². The monoisotopic (exact) mass is 256 g/mol. The van der Waals surface area contributed by atoms with Crippen molar-refractivity contribution in [3.05, 3.63) is 53.1 Å². The molecule has 2 aromatic carbocycles. The van der Waals surface area contributed by atoms with Crippen molar-refractivity contribution >= 4 is 11.4 Å². The number of methoxy groups -OCH3 is 1. The van der Waals surface area contributed by atoms with Crippen LogP contribution in [0.3, 0.4) is 0 Å². The van der Waals surface area contributed by atoms with Gasteiger partial charge in [-0.15, -0.1) is 0 Å². The lowest BCUT2D eigenvalue weighted by Gasteiger charge is -2.11. The smallest absolute Gasteiger partial charge is 0.121 e. The van der Waals surface area contributed by atoms with Crippen molar-refractivity contribution in [2.75, 3.05) is 18.2 Å². The van der Waals surface area contributed by atoms with Gasteiger partial charge in [-0.05, 0) is 48.7 Å². The normalized spacial score (nSPS) is 10.3. The van der Waals surface area contributed by atoms with Crippen LogP contribution in [0.2, 0.25) is 0 Å². The summed E-state index contributed by atoms with van der Waals surface area (Å²) in [5.41, 5.74) is 11.2. The molecule has 3 heteroatoms. The summed E-state index contributed by atoms with van der Waals surface area (Å²) in [6, 6.07) is 12.2. The lowest BCUT2D eigenvalue weighted by Crippen LogP contribution is -2.03. The van der Waals surface area contributed by atoms with Crippen molar-refractivity contribution in [1.29, 1.82) is 0 Å². The van der Waals surface area contributed by atoms with E-state index in [0.717, 1.165) is 29.2 Å². The molecule has 2 aromatic rings. The number of nitrogens with two attached hydrogens (primary N) is 1. The maximum atomic E-state index is 5.98. The summed E-state index contributed by atoms with van der Waals surface area (Å²) >= 11 is 0. The standard InChI is InChI=1S/C16H20N2O/c1-11-4-6-15(14(17)8-11)18-10-13-5-7-16(19-3)12(2)9-13/h4-9,18H,10,17H2,1-3H3. The number of rotatable bonds is 4. The second kappa shape index (κ2) is 5.65. The molecule has 3 N–H and O–H groups in total. The average Bonchev–Trinajstić information content (AvgIpc) is 2.38. The largest absolute Gasteiger partial charge is 0.496 e. The molecular formula is C16H20N2O. The molecule has 0 bridgehead atoms. The van der Waals surface area contributed by atoms with E-state index in [1.165, 1.54) is 11.1 Å². The van der Waals surface area contributed by atoms with Gasteiger partial charge >= 0.3 is 0 Å². The fourth-order valence-electron chi connectivity index (χ4n) is 2.09. The van der Waals surface area contributed by atoms with Crippen molar-refractivity contribution in [3.63, 3.8) is 0 Å². The third kappa shape index (κ3) is 3.19. The van der Waals surface area contributed by atoms with Crippen LogP contribution in [0.4, 0.5) is 11.4 Å². The molecule has 0 amide bonds. The third-order valence-corrected chi connectivity index (χ3v) is 3.15. The maximum Gasteiger partial charge on any atom is 0.121 e. The fraction of sp³-hybridized carbons (Fsp3) is 0.250. The van der Waals surface area contributed by atoms with Crippen LogP contribution < -0.4 is 15.8 Å². The molecule has 0 saturated heterocycles. The van der Waals surface area contributed by atoms with Crippen LogP contribution in [0.5, 0.6) is 5.75 Å². The number of benzene rings is 2. The Hall–Kier alpha value is -2.16. The lowest BCUT2D eigenvalue weighted by molar-refractivity contribution is 0.411. The van der Waals surface area contributed by atoms with Crippen molar-refractivity contribution < 1.29 is 4.74 Å². The van der Waals surface area contributed by atoms with Crippen molar-refractivity contribution in [3.8, 4) is 5.75 Å². The highest BCUT2D eigenvalue weighted by atomic mass is 16.5. The van der Waals surface area contributed by atoms with Crippen LogP contribution in [0.1, 0.15) is 16.7 Å². The van der Waals surface area contributed by atoms with Crippen LogP contribution in [0, 0.1) is 13.8 Å². The van der Waals surface area contributed by atoms with Crippen LogP contribution in [-0.4, -0.2) is 7.11 Å². The zero-order valence-electron chi connectivity index (χ0n) is 11.7. The van der Waals surface area contributed by atoms with Gasteiger partial charge in [0, 0.05) is 6.54 Å². The molecular weight excluding hydrogens is 236 g/mol. The summed E-state index contributed by atoms with van der Waals surface area (Å²) in [7, 11) is 1.69. The van der Waals surface area contributed by atoms with Gasteiger partial charge in [-0.2, -0.15) is 0 Å². The van der Waals surface area contributed by atoms with Crippen LogP contribution in [0.25, 0.3) is 0 Å². The predicted molar refractivity (Wildman–Crippen MR) is 80.6 cm³/mol. The maximum absolute atomic E-state index is 5.98. The molecule has 2 rings (SSSR count). The molecule has 0 aliphatic carbocycles. The summed E-state index contributed by atoms with van der Waals surface area (Å²) < 4.78 is 5.25. The number of nitrogen functional groups attached to an aromatic ring is 1. The molecule has 0 spiro atoms. The van der Waals surface area contributed by atoms with E-state index < -0.39 is 0 Å². The topological polar surface area (TPSA) is 47.3 Å². The van der Waals surface area contributed by atoms with E-state index in [9.17, 15) is 0 Å². The highest BCUT2D eigenvalue weighted by molar-refractivity contribution is 5.66. The Labute approximate surface area is 114 Å². The Morgan fingerprint density at radius 1 is 1.11 bits per heavy atom. The summed E-state index contributed by atoms with van der Waals surface area (Å²) in [5.74, 6) is 0.915. The molecule has 0 unspecified atom stereocenters. The number of hydrogen-bond acceptors (Lipinski definition) is 3. The Bertz CT molecular complexity index is 579. The van der Waals surface area contributed by atoms with Crippen LogP contribution in [0.15, 0.2) is 36.4 Å². The average molecular weight is 256 g/mol. The number of hydrogen-bond donors (Lipinski definition) is 2. The van der Waals surface area contributed by atoms with E-state index in [1.807, 2.05) is 32.0 Å². The minimum atomic E-state index is 0.748. The SMILES string of the molecule is COc1ccc(CNc2ccc(C)cc2N)cc1C. The predicted octanol–water partition coefficient (Wildman–Crippen LogP) is 3.51. The summed E-state index contributed by atoms with van der Waals surface area (Å²) in [6.07, 6.45) is 0. The Morgan fingerprint density at radius 3 is 2.53 bits per heavy atom. The number of ether oxygens (including phenoxy) is 1. The first kappa shape index (κ1) is 13.3. The third-order valence-electron chi connectivity index (χ3n) is 3.15. The van der Waals surface area contributed by atoms with Gasteiger partial charge in [-0.25, -0.2) is 0 Å². The van der Waals surface area contributed by atoms with Crippen molar-refractivity contribution in [2.45, 2.75) is 20.4 Å². The molecule has 0 aliphatic heterocycles. The summed E-state index contributed by atoms with van der Waals surface area (Å²) in [6.45, 7) is 4.83. The fourth-order valence-corrected chi connectivity index (χ4v) is 2.09. The van der Waals surface area contributed by atoms with Gasteiger partial charge in [0.25, 0.3) is 0 Å². The highest BCUT2D eigenvalue weighted by Crippen LogP contribution is 2.22. The number of nitrogens with one attached hydrogen (secondary N) is 1. The van der Waals surface area contributed by atoms with Crippen molar-refractivity contribution in [2.24, 2.45) is 0 Å². The van der Waals surface area contributed by atoms with Gasteiger partial charge in [-0.3, -0.25) is 0 Å². The first-order chi connectivity index (χ1) is 9.10. The zero-order chi connectivity index (χ0) is 13.8. The second-order valence-electron chi connectivity index (χ2n) is 4.75. The van der Waals surface area contributed by atoms with E-state index in [2.05, 4.69) is 23.5 Å². The molecule has 100 valence electrons. The number of anilines is 2. The van der Waals surface area contributed by atoms with Gasteiger partial charge in [0.2, 0.25) is 0 Å². The van der Waals surface area contributed by atoms with Gasteiger partial charge in [0.15, 0.2) is 0 Å². The van der Waals surface area contributed by atoms with Gasteiger partial charge < -0.3 is 15.8 Å². The molecule has 0 fully saturated rings. The minimum absolute atomic E-state index is 0.748. The van der Waals surface area contributed by atoms with Crippen molar-refractivity contribution in [1.82, 2.24) is 0 Å². The summed E-state index contributed by atoms with van der Waals surface area (Å²) in [5, 5.41) is 3.36. The van der Waals surface area contributed by atoms with E-state index >= 15 is 0 Å². The van der Waals surface area contributed by atoms with Crippen LogP contribution in [-0.2, 0) is 6.54 Å². The molecule has 0 atom stereocenters. The second-order valence-corrected chi connectivity index (χ2v) is 4.75. The molecule has 0 aromatic heterocycles. The van der Waals surface area contributed by atoms with E-state index in [0.29, 0.717) is 0 Å². The van der Waals surface area contributed by atoms with Gasteiger partial charge in [0.1, 0.15) is 5.75 Å².